The van der Waals surface area contributed by atoms with Crippen LogP contribution in [0.4, 0.5) is 0 Å². The van der Waals surface area contributed by atoms with Crippen LogP contribution in [0.15, 0.2) is 0 Å². The van der Waals surface area contributed by atoms with Crippen molar-refractivity contribution >= 4 is 11.8 Å². The summed E-state index contributed by atoms with van der Waals surface area (Å²) in [7, 11) is 0. The molecule has 0 aromatic carbocycles. The number of carbonyl (C=O) groups excluding carboxylic acids is 2. The summed E-state index contributed by atoms with van der Waals surface area (Å²) in [6, 6.07) is 0. The van der Waals surface area contributed by atoms with Gasteiger partial charge in [0, 0.05) is 17.7 Å². The van der Waals surface area contributed by atoms with Gasteiger partial charge in [-0.3, -0.25) is 4.79 Å². The van der Waals surface area contributed by atoms with Gasteiger partial charge in [-0.1, -0.05) is 0 Å². The topological polar surface area (TPSA) is 73.0 Å². The van der Waals surface area contributed by atoms with Crippen molar-refractivity contribution in [2.45, 2.75) is 26.2 Å². The highest BCUT2D eigenvalue weighted by Crippen LogP contribution is 2.25. The van der Waals surface area contributed by atoms with E-state index in [1.54, 1.807) is 6.92 Å². The predicted octanol–water partition coefficient (Wildman–Crippen LogP) is 0.206. The molecule has 4 nitrogen and oxygen atoms in total. The molecule has 1 N–H and O–H groups in total. The second-order valence-corrected chi connectivity index (χ2v) is 3.54. The zero-order valence-electron chi connectivity index (χ0n) is 7.85. The van der Waals surface area contributed by atoms with Gasteiger partial charge in [-0.15, -0.1) is 0 Å². The summed E-state index contributed by atoms with van der Waals surface area (Å²) in [5.41, 5.74) is 1.88. The Morgan fingerprint density at radius 3 is 2.71 bits per heavy atom. The van der Waals surface area contributed by atoms with Crippen LogP contribution < -0.4 is 5.11 Å². The summed E-state index contributed by atoms with van der Waals surface area (Å²) in [6.45, 7) is 1.64. The third kappa shape index (κ3) is 1.14. The number of carbonyl (C=O) groups is 2. The summed E-state index contributed by atoms with van der Waals surface area (Å²) >= 11 is 0. The van der Waals surface area contributed by atoms with Gasteiger partial charge in [0.25, 0.3) is 0 Å². The van der Waals surface area contributed by atoms with Crippen LogP contribution in [0.25, 0.3) is 0 Å². The van der Waals surface area contributed by atoms with Gasteiger partial charge >= 0.3 is 0 Å². The molecule has 74 valence electrons. The lowest BCUT2D eigenvalue weighted by molar-refractivity contribution is -0.255. The molecule has 1 aromatic heterocycles. The number of nitrogens with one attached hydrogen (secondary N) is 1. The Morgan fingerprint density at radius 1 is 1.43 bits per heavy atom. The maximum atomic E-state index is 11.5. The quantitative estimate of drug-likeness (QED) is 0.691. The molecule has 14 heavy (non-hydrogen) atoms. The first-order valence-corrected chi connectivity index (χ1v) is 4.57. The first-order chi connectivity index (χ1) is 6.61. The summed E-state index contributed by atoms with van der Waals surface area (Å²) in [5.74, 6) is -1.21. The Labute approximate surface area is 80.9 Å². The van der Waals surface area contributed by atoms with E-state index in [0.717, 1.165) is 18.5 Å². The summed E-state index contributed by atoms with van der Waals surface area (Å²) in [4.78, 5) is 25.0. The molecule has 0 saturated carbocycles. The second kappa shape index (κ2) is 2.97. The van der Waals surface area contributed by atoms with Gasteiger partial charge in [0.15, 0.2) is 5.78 Å². The molecule has 0 aliphatic heterocycles. The van der Waals surface area contributed by atoms with Gasteiger partial charge in [-0.25, -0.2) is 0 Å². The second-order valence-electron chi connectivity index (χ2n) is 3.54. The van der Waals surface area contributed by atoms with Gasteiger partial charge in [-0.2, -0.15) is 0 Å². The fraction of sp³-hybridized carbons (Fsp3) is 0.400. The Bertz CT molecular complexity index is 417. The number of H-pyrrole nitrogens is 1. The van der Waals surface area contributed by atoms with Gasteiger partial charge < -0.3 is 14.9 Å². The van der Waals surface area contributed by atoms with Crippen molar-refractivity contribution in [1.82, 2.24) is 4.98 Å². The van der Waals surface area contributed by atoms with Crippen LogP contribution in [0.3, 0.4) is 0 Å². The summed E-state index contributed by atoms with van der Waals surface area (Å²) < 4.78 is 0. The molecule has 1 aliphatic carbocycles. The number of hydrogen-bond donors (Lipinski definition) is 1. The minimum absolute atomic E-state index is 0.0347. The highest BCUT2D eigenvalue weighted by Gasteiger charge is 2.23. The molecule has 0 fully saturated rings. The Morgan fingerprint density at radius 2 is 2.14 bits per heavy atom. The number of Topliss-reactive ketones (excluding diaryl/α,β-unsaturated/α-hetero) is 1. The highest BCUT2D eigenvalue weighted by atomic mass is 16.4. The lowest BCUT2D eigenvalue weighted by atomic mass is 9.94. The van der Waals surface area contributed by atoms with Gasteiger partial charge in [0.2, 0.25) is 0 Å². The number of carboxylic acid groups (broad SMARTS) is 1. The number of aromatic amines is 1. The highest BCUT2D eigenvalue weighted by molar-refractivity contribution is 6.02. The van der Waals surface area contributed by atoms with Crippen molar-refractivity contribution in [1.29, 1.82) is 0 Å². The third-order valence-corrected chi connectivity index (χ3v) is 2.64. The van der Waals surface area contributed by atoms with Crippen LogP contribution >= 0.6 is 0 Å². The van der Waals surface area contributed by atoms with Gasteiger partial charge in [0.1, 0.15) is 0 Å². The SMILES string of the molecule is Cc1c(C(=O)[O-])[nH]c2c1C(=O)CCC2. The average molecular weight is 192 g/mol. The van der Waals surface area contributed by atoms with Crippen LogP contribution in [-0.2, 0) is 6.42 Å². The van der Waals surface area contributed by atoms with Gasteiger partial charge in [0.05, 0.1) is 11.7 Å². The molecule has 2 rings (SSSR count). The van der Waals surface area contributed by atoms with Crippen LogP contribution in [0.1, 0.15) is 44.9 Å². The number of aryl methyl sites for hydroxylation is 1. The Hall–Kier alpha value is -1.58. The van der Waals surface area contributed by atoms with Crippen molar-refractivity contribution < 1.29 is 14.7 Å². The normalized spacial score (nSPS) is 15.4. The van der Waals surface area contributed by atoms with Crippen LogP contribution in [0, 0.1) is 6.92 Å². The number of hydrogen-bond acceptors (Lipinski definition) is 3. The smallest absolute Gasteiger partial charge is 0.164 e. The van der Waals surface area contributed by atoms with E-state index in [4.69, 9.17) is 0 Å². The lowest BCUT2D eigenvalue weighted by Gasteiger charge is -2.09. The summed E-state index contributed by atoms with van der Waals surface area (Å²) in [6.07, 6.45) is 2.05. The van der Waals surface area contributed by atoms with E-state index in [2.05, 4.69) is 4.98 Å². The van der Waals surface area contributed by atoms with E-state index >= 15 is 0 Å². The van der Waals surface area contributed by atoms with E-state index in [1.807, 2.05) is 0 Å². The Kier molecular flexibility index (Phi) is 1.91. The number of rotatable bonds is 1. The molecule has 1 heterocycles. The molecule has 0 atom stereocenters. The number of carboxylic acids is 1. The zero-order chi connectivity index (χ0) is 10.3. The number of ketones is 1. The van der Waals surface area contributed by atoms with Crippen molar-refractivity contribution in [2.24, 2.45) is 0 Å². The number of aromatic carboxylic acids is 1. The molecular formula is C10H10NO3-. The van der Waals surface area contributed by atoms with Crippen molar-refractivity contribution in [3.63, 3.8) is 0 Å². The molecule has 0 unspecified atom stereocenters. The maximum absolute atomic E-state index is 11.5. The predicted molar refractivity (Wildman–Crippen MR) is 47.1 cm³/mol. The molecule has 0 saturated heterocycles. The number of aromatic nitrogens is 1. The van der Waals surface area contributed by atoms with Crippen molar-refractivity contribution in [3.8, 4) is 0 Å². The van der Waals surface area contributed by atoms with Gasteiger partial charge in [-0.05, 0) is 25.3 Å². The molecule has 0 amide bonds. The minimum atomic E-state index is -1.25. The first-order valence-electron chi connectivity index (χ1n) is 4.57. The van der Waals surface area contributed by atoms with Crippen molar-refractivity contribution in [3.05, 3.63) is 22.5 Å². The number of fused-ring (bicyclic) bond motifs is 1. The molecule has 1 aromatic rings. The van der Waals surface area contributed by atoms with E-state index in [-0.39, 0.29) is 11.5 Å². The molecule has 1 aliphatic rings. The minimum Gasteiger partial charge on any atom is -0.543 e. The zero-order valence-corrected chi connectivity index (χ0v) is 7.85. The van der Waals surface area contributed by atoms with Crippen LogP contribution in [-0.4, -0.2) is 16.7 Å². The van der Waals surface area contributed by atoms with E-state index in [9.17, 15) is 14.7 Å². The Balaban J connectivity index is 2.60. The first kappa shape index (κ1) is 8.99. The largest absolute Gasteiger partial charge is 0.543 e. The average Bonchev–Trinajstić information content (AvgIpc) is 2.45. The molecule has 4 heteroatoms. The van der Waals surface area contributed by atoms with E-state index in [1.165, 1.54) is 0 Å². The van der Waals surface area contributed by atoms with Crippen molar-refractivity contribution in [2.75, 3.05) is 0 Å². The van der Waals surface area contributed by atoms with E-state index < -0.39 is 5.97 Å². The molecular weight excluding hydrogens is 182 g/mol. The fourth-order valence-corrected chi connectivity index (χ4v) is 1.98. The lowest BCUT2D eigenvalue weighted by Crippen LogP contribution is -2.23. The third-order valence-electron chi connectivity index (χ3n) is 2.64. The monoisotopic (exact) mass is 192 g/mol. The van der Waals surface area contributed by atoms with Crippen LogP contribution in [0.5, 0.6) is 0 Å². The standard InChI is InChI=1S/C10H11NO3/c1-5-8-6(3-2-4-7(8)12)11-9(5)10(13)14/h11H,2-4H2,1H3,(H,13,14)/p-1. The fourth-order valence-electron chi connectivity index (χ4n) is 1.98. The molecule has 0 bridgehead atoms. The molecule has 0 spiro atoms. The summed E-state index contributed by atoms with van der Waals surface area (Å²) in [5, 5.41) is 10.7. The van der Waals surface area contributed by atoms with Crippen LogP contribution in [0.2, 0.25) is 0 Å². The molecule has 0 radical (unpaired) electrons. The maximum Gasteiger partial charge on any atom is 0.164 e. The van der Waals surface area contributed by atoms with E-state index in [0.29, 0.717) is 17.5 Å².